The van der Waals surface area contributed by atoms with Gasteiger partial charge in [0.2, 0.25) is 15.9 Å². The van der Waals surface area contributed by atoms with Gasteiger partial charge >= 0.3 is 16.2 Å². The molecule has 2 amide bonds. The Labute approximate surface area is 133 Å². The van der Waals surface area contributed by atoms with E-state index < -0.39 is 32.1 Å². The van der Waals surface area contributed by atoms with Crippen molar-refractivity contribution in [3.8, 4) is 11.6 Å². The van der Waals surface area contributed by atoms with Crippen molar-refractivity contribution in [2.24, 2.45) is 5.14 Å². The van der Waals surface area contributed by atoms with Crippen LogP contribution in [0.3, 0.4) is 0 Å². The molecule has 1 rings (SSSR count). The van der Waals surface area contributed by atoms with Crippen LogP contribution in [0.4, 0.5) is 10.6 Å². The Morgan fingerprint density at radius 2 is 1.74 bits per heavy atom. The van der Waals surface area contributed by atoms with Crippen molar-refractivity contribution in [2.75, 3.05) is 31.8 Å². The van der Waals surface area contributed by atoms with E-state index in [0.717, 1.165) is 19.4 Å². The molecule has 0 unspecified atom stereocenters. The summed E-state index contributed by atoms with van der Waals surface area (Å²) in [6.45, 7) is 0. The first-order valence-electron chi connectivity index (χ1n) is 5.82. The van der Waals surface area contributed by atoms with Gasteiger partial charge < -0.3 is 9.47 Å². The molecular weight excluding hydrogens is 352 g/mol. The predicted octanol–water partition coefficient (Wildman–Crippen LogP) is -0.880. The highest BCUT2D eigenvalue weighted by molar-refractivity contribution is 7.92. The highest BCUT2D eigenvalue weighted by Gasteiger charge is 2.34. The molecule has 1 aromatic rings. The van der Waals surface area contributed by atoms with E-state index in [1.165, 1.54) is 20.3 Å². The number of pyridine rings is 1. The Balaban J connectivity index is 3.54. The SMILES string of the molecule is COc1cc(OC)nc(N(C(=O)N(C)S(C)(=O)=O)S(N)(=O)=O)c1. The molecule has 1 aromatic heterocycles. The van der Waals surface area contributed by atoms with Crippen LogP contribution in [-0.2, 0) is 20.2 Å². The second-order valence-electron chi connectivity index (χ2n) is 4.23. The van der Waals surface area contributed by atoms with Crippen LogP contribution in [0.15, 0.2) is 12.1 Å². The van der Waals surface area contributed by atoms with Crippen LogP contribution in [0.2, 0.25) is 0 Å². The topological polar surface area (TPSA) is 149 Å². The van der Waals surface area contributed by atoms with Crippen LogP contribution in [0.1, 0.15) is 0 Å². The largest absolute Gasteiger partial charge is 0.496 e. The molecule has 0 saturated heterocycles. The molecule has 130 valence electrons. The minimum absolute atomic E-state index is 0.0269. The van der Waals surface area contributed by atoms with E-state index in [9.17, 15) is 21.6 Å². The number of aromatic nitrogens is 1. The average Bonchev–Trinajstić information content (AvgIpc) is 2.43. The number of anilines is 1. The van der Waals surface area contributed by atoms with E-state index in [2.05, 4.69) is 4.98 Å². The monoisotopic (exact) mass is 368 g/mol. The van der Waals surface area contributed by atoms with E-state index >= 15 is 0 Å². The van der Waals surface area contributed by atoms with Crippen molar-refractivity contribution in [2.45, 2.75) is 0 Å². The lowest BCUT2D eigenvalue weighted by atomic mass is 10.4. The van der Waals surface area contributed by atoms with Crippen LogP contribution in [-0.4, -0.2) is 59.7 Å². The Hall–Kier alpha value is -2.12. The number of amides is 2. The van der Waals surface area contributed by atoms with Crippen molar-refractivity contribution >= 4 is 32.1 Å². The van der Waals surface area contributed by atoms with Crippen LogP contribution in [0, 0.1) is 0 Å². The van der Waals surface area contributed by atoms with E-state index in [4.69, 9.17) is 14.6 Å². The molecule has 0 atom stereocenters. The van der Waals surface area contributed by atoms with Crippen LogP contribution >= 0.6 is 0 Å². The summed E-state index contributed by atoms with van der Waals surface area (Å²) < 4.78 is 56.5. The van der Waals surface area contributed by atoms with Gasteiger partial charge in [-0.3, -0.25) is 0 Å². The summed E-state index contributed by atoms with van der Waals surface area (Å²) in [5.74, 6) is -0.428. The summed E-state index contributed by atoms with van der Waals surface area (Å²) in [6.07, 6.45) is 0.728. The summed E-state index contributed by atoms with van der Waals surface area (Å²) >= 11 is 0. The molecule has 0 aliphatic carbocycles. The Kier molecular flexibility index (Phi) is 5.39. The zero-order valence-corrected chi connectivity index (χ0v) is 14.4. The number of nitrogens with two attached hydrogens (primary N) is 1. The predicted molar refractivity (Wildman–Crippen MR) is 80.9 cm³/mol. The fraction of sp³-hybridized carbons (Fsp3) is 0.400. The Morgan fingerprint density at radius 1 is 1.17 bits per heavy atom. The maximum atomic E-state index is 12.2. The minimum atomic E-state index is -4.67. The van der Waals surface area contributed by atoms with Gasteiger partial charge in [-0.05, 0) is 0 Å². The van der Waals surface area contributed by atoms with E-state index in [0.29, 0.717) is 0 Å². The van der Waals surface area contributed by atoms with Gasteiger partial charge in [-0.15, -0.1) is 0 Å². The molecule has 0 bridgehead atoms. The molecule has 13 heteroatoms. The molecule has 0 spiro atoms. The van der Waals surface area contributed by atoms with Gasteiger partial charge in [0, 0.05) is 19.2 Å². The molecule has 2 N–H and O–H groups in total. The first-order valence-corrected chi connectivity index (χ1v) is 9.18. The number of hydrogen-bond acceptors (Lipinski definition) is 8. The van der Waals surface area contributed by atoms with E-state index in [1.807, 2.05) is 0 Å². The maximum absolute atomic E-state index is 12.2. The molecule has 0 fully saturated rings. The number of methoxy groups -OCH3 is 2. The number of nitrogens with zero attached hydrogens (tertiary/aromatic N) is 3. The van der Waals surface area contributed by atoms with Gasteiger partial charge in [-0.25, -0.2) is 22.7 Å². The van der Waals surface area contributed by atoms with Crippen LogP contribution in [0.25, 0.3) is 0 Å². The molecule has 0 aromatic carbocycles. The summed E-state index contributed by atoms with van der Waals surface area (Å²) in [4.78, 5) is 16.0. The Bertz CT molecular complexity index is 784. The van der Waals surface area contributed by atoms with Crippen molar-refractivity contribution < 1.29 is 31.1 Å². The molecule has 0 aliphatic heterocycles. The van der Waals surface area contributed by atoms with Crippen molar-refractivity contribution in [3.05, 3.63) is 12.1 Å². The highest BCUT2D eigenvalue weighted by Crippen LogP contribution is 2.26. The Morgan fingerprint density at radius 3 is 2.13 bits per heavy atom. The number of sulfonamides is 1. The van der Waals surface area contributed by atoms with Gasteiger partial charge in [0.1, 0.15) is 5.75 Å². The molecule has 0 radical (unpaired) electrons. The second kappa shape index (κ2) is 6.55. The number of hydrogen-bond donors (Lipinski definition) is 1. The first-order chi connectivity index (χ1) is 10.4. The zero-order chi connectivity index (χ0) is 18.0. The lowest BCUT2D eigenvalue weighted by molar-refractivity contribution is 0.237. The normalized spacial score (nSPS) is 11.7. The highest BCUT2D eigenvalue weighted by atomic mass is 32.2. The first kappa shape index (κ1) is 18.9. The van der Waals surface area contributed by atoms with Crippen LogP contribution in [0.5, 0.6) is 11.6 Å². The van der Waals surface area contributed by atoms with Crippen molar-refractivity contribution in [1.82, 2.24) is 9.29 Å². The summed E-state index contributed by atoms with van der Waals surface area (Å²) in [7, 11) is -5.24. The van der Waals surface area contributed by atoms with E-state index in [-0.39, 0.29) is 20.2 Å². The van der Waals surface area contributed by atoms with Gasteiger partial charge in [0.25, 0.3) is 0 Å². The number of urea groups is 1. The molecule has 1 heterocycles. The standard InChI is InChI=1S/C10H16N4O7S2/c1-13(22(4,16)17)10(15)14(23(11,18)19)8-5-7(20-2)6-9(12-8)21-3/h5-6H,1-4H3,(H2,11,18,19). The molecule has 0 aliphatic rings. The molecule has 0 saturated carbocycles. The number of carbonyl (C=O) groups excluding carboxylic acids is 1. The smallest absolute Gasteiger partial charge is 0.354 e. The molecule has 23 heavy (non-hydrogen) atoms. The van der Waals surface area contributed by atoms with Gasteiger partial charge in [-0.2, -0.15) is 17.7 Å². The number of ether oxygens (including phenoxy) is 2. The average molecular weight is 368 g/mol. The fourth-order valence-corrected chi connectivity index (χ4v) is 2.51. The third kappa shape index (κ3) is 4.43. The molecular formula is C10H16N4O7S2. The zero-order valence-electron chi connectivity index (χ0n) is 12.7. The summed E-state index contributed by atoms with van der Waals surface area (Å²) in [5, 5.41) is 5.01. The van der Waals surface area contributed by atoms with Gasteiger partial charge in [0.05, 0.1) is 20.5 Å². The van der Waals surface area contributed by atoms with Crippen molar-refractivity contribution in [3.63, 3.8) is 0 Å². The fourth-order valence-electron chi connectivity index (χ4n) is 1.40. The number of rotatable bonds is 5. The van der Waals surface area contributed by atoms with Gasteiger partial charge in [0.15, 0.2) is 5.82 Å². The quantitative estimate of drug-likeness (QED) is 0.704. The number of carbonyl (C=O) groups is 1. The maximum Gasteiger partial charge on any atom is 0.354 e. The van der Waals surface area contributed by atoms with Crippen molar-refractivity contribution in [1.29, 1.82) is 0 Å². The van der Waals surface area contributed by atoms with Gasteiger partial charge in [-0.1, -0.05) is 0 Å². The third-order valence-electron chi connectivity index (χ3n) is 2.61. The lowest BCUT2D eigenvalue weighted by Crippen LogP contribution is -2.49. The van der Waals surface area contributed by atoms with Crippen LogP contribution < -0.4 is 18.9 Å². The second-order valence-corrected chi connectivity index (χ2v) is 7.64. The van der Waals surface area contributed by atoms with E-state index in [1.54, 1.807) is 0 Å². The minimum Gasteiger partial charge on any atom is -0.496 e. The summed E-state index contributed by atoms with van der Waals surface area (Å²) in [6, 6.07) is 0.981. The summed E-state index contributed by atoms with van der Waals surface area (Å²) in [5.41, 5.74) is 0. The lowest BCUT2D eigenvalue weighted by Gasteiger charge is -2.24. The third-order valence-corrected chi connectivity index (χ3v) is 4.61. The molecule has 11 nitrogen and oxygen atoms in total.